The van der Waals surface area contributed by atoms with Crippen molar-refractivity contribution in [2.75, 3.05) is 0 Å². The van der Waals surface area contributed by atoms with Gasteiger partial charge in [0, 0.05) is 18.5 Å². The summed E-state index contributed by atoms with van der Waals surface area (Å²) in [5, 5.41) is 3.09. The van der Waals surface area contributed by atoms with E-state index in [0.29, 0.717) is 6.42 Å². The Hall–Kier alpha value is -0.250. The van der Waals surface area contributed by atoms with E-state index in [1.165, 1.54) is 0 Å². The summed E-state index contributed by atoms with van der Waals surface area (Å²) in [6.07, 6.45) is -4.02. The molecule has 1 fully saturated rings. The number of hydrogen-bond acceptors (Lipinski definition) is 1. The first-order valence-electron chi connectivity index (χ1n) is 4.21. The third-order valence-corrected chi connectivity index (χ3v) is 2.40. The van der Waals surface area contributed by atoms with E-state index in [9.17, 15) is 13.2 Å². The highest BCUT2D eigenvalue weighted by Gasteiger charge is 2.38. The fraction of sp³-hybridized carbons (Fsp3) is 1.00. The lowest BCUT2D eigenvalue weighted by atomic mass is 9.96. The van der Waals surface area contributed by atoms with E-state index in [1.54, 1.807) is 0 Å². The van der Waals surface area contributed by atoms with Crippen molar-refractivity contribution in [2.45, 2.75) is 44.9 Å². The fourth-order valence-electron chi connectivity index (χ4n) is 1.87. The molecule has 0 radical (unpaired) electrons. The maximum atomic E-state index is 12.0. The molecule has 0 aliphatic carbocycles. The molecular formula is C8H14F3N. The molecule has 0 aromatic carbocycles. The molecule has 1 nitrogen and oxygen atoms in total. The molecule has 1 N–H and O–H groups in total. The van der Waals surface area contributed by atoms with Gasteiger partial charge in [0.2, 0.25) is 0 Å². The van der Waals surface area contributed by atoms with E-state index in [-0.39, 0.29) is 18.0 Å². The minimum absolute atomic E-state index is 0.00150. The van der Waals surface area contributed by atoms with Crippen molar-refractivity contribution in [1.82, 2.24) is 5.32 Å². The molecule has 0 spiro atoms. The first-order chi connectivity index (χ1) is 5.38. The van der Waals surface area contributed by atoms with Crippen LogP contribution < -0.4 is 5.32 Å². The maximum Gasteiger partial charge on any atom is 0.389 e. The van der Waals surface area contributed by atoms with E-state index in [0.717, 1.165) is 0 Å². The number of halogens is 3. The maximum absolute atomic E-state index is 12.0. The number of hydrogen-bond donors (Lipinski definition) is 1. The van der Waals surface area contributed by atoms with Gasteiger partial charge < -0.3 is 5.32 Å². The van der Waals surface area contributed by atoms with Crippen LogP contribution in [0.3, 0.4) is 0 Å². The highest BCUT2D eigenvalue weighted by molar-refractivity contribution is 4.86. The molecule has 0 saturated carbocycles. The Balaban J connectivity index is 2.43. The summed E-state index contributed by atoms with van der Waals surface area (Å²) in [4.78, 5) is 0. The molecule has 1 saturated heterocycles. The van der Waals surface area contributed by atoms with E-state index >= 15 is 0 Å². The van der Waals surface area contributed by atoms with Crippen LogP contribution in [-0.2, 0) is 0 Å². The van der Waals surface area contributed by atoms with Gasteiger partial charge in [0.05, 0.1) is 0 Å². The minimum Gasteiger partial charge on any atom is -0.311 e. The summed E-state index contributed by atoms with van der Waals surface area (Å²) < 4.78 is 35.9. The molecule has 3 atom stereocenters. The van der Waals surface area contributed by atoms with E-state index < -0.39 is 12.6 Å². The Morgan fingerprint density at radius 1 is 1.33 bits per heavy atom. The Morgan fingerprint density at radius 2 is 1.92 bits per heavy atom. The summed E-state index contributed by atoms with van der Waals surface area (Å²) in [6.45, 7) is 3.74. The van der Waals surface area contributed by atoms with Crippen molar-refractivity contribution in [1.29, 1.82) is 0 Å². The first-order valence-corrected chi connectivity index (χ1v) is 4.21. The number of alkyl halides is 3. The number of nitrogens with one attached hydrogen (secondary N) is 1. The second-order valence-electron chi connectivity index (χ2n) is 3.67. The van der Waals surface area contributed by atoms with Crippen molar-refractivity contribution >= 4 is 0 Å². The molecule has 1 rings (SSSR count). The lowest BCUT2D eigenvalue weighted by Crippen LogP contribution is -2.28. The molecule has 72 valence electrons. The normalized spacial score (nSPS) is 37.2. The zero-order valence-electron chi connectivity index (χ0n) is 7.28. The van der Waals surface area contributed by atoms with Gasteiger partial charge in [-0.05, 0) is 26.2 Å². The smallest absolute Gasteiger partial charge is 0.311 e. The predicted molar refractivity (Wildman–Crippen MR) is 40.8 cm³/mol. The molecule has 0 unspecified atom stereocenters. The van der Waals surface area contributed by atoms with Crippen molar-refractivity contribution in [2.24, 2.45) is 5.92 Å². The van der Waals surface area contributed by atoms with Gasteiger partial charge in [-0.1, -0.05) is 0 Å². The van der Waals surface area contributed by atoms with E-state index in [4.69, 9.17) is 0 Å². The lowest BCUT2D eigenvalue weighted by Gasteiger charge is -2.16. The Labute approximate surface area is 70.3 Å². The van der Waals surface area contributed by atoms with Gasteiger partial charge in [-0.3, -0.25) is 0 Å². The summed E-state index contributed by atoms with van der Waals surface area (Å²) >= 11 is 0. The van der Waals surface area contributed by atoms with Crippen LogP contribution in [0.15, 0.2) is 0 Å². The van der Waals surface area contributed by atoms with Crippen LogP contribution in [0.4, 0.5) is 13.2 Å². The third-order valence-electron chi connectivity index (χ3n) is 2.40. The summed E-state index contributed by atoms with van der Waals surface area (Å²) in [7, 11) is 0. The monoisotopic (exact) mass is 181 g/mol. The fourth-order valence-corrected chi connectivity index (χ4v) is 1.87. The number of rotatable bonds is 1. The SMILES string of the molecule is C[C@@H]1C[C@@H](CC(F)(F)F)[C@@H](C)N1. The standard InChI is InChI=1S/C8H14F3N/c1-5-3-7(6(2)12-5)4-8(9,10)11/h5-7,12H,3-4H2,1-2H3/t5-,6-,7+/m1/s1. The van der Waals surface area contributed by atoms with Crippen LogP contribution in [0.2, 0.25) is 0 Å². The zero-order chi connectivity index (χ0) is 9.35. The van der Waals surface area contributed by atoms with Crippen molar-refractivity contribution in [3.63, 3.8) is 0 Å². The molecule has 4 heteroatoms. The predicted octanol–water partition coefficient (Wildman–Crippen LogP) is 2.33. The molecular weight excluding hydrogens is 167 g/mol. The highest BCUT2D eigenvalue weighted by Crippen LogP contribution is 2.32. The molecule has 0 aromatic heterocycles. The van der Waals surface area contributed by atoms with Crippen molar-refractivity contribution in [3.05, 3.63) is 0 Å². The molecule has 0 aromatic rings. The van der Waals surface area contributed by atoms with E-state index in [2.05, 4.69) is 5.32 Å². The van der Waals surface area contributed by atoms with Crippen molar-refractivity contribution in [3.8, 4) is 0 Å². The van der Waals surface area contributed by atoms with Gasteiger partial charge in [0.15, 0.2) is 0 Å². The minimum atomic E-state index is -4.01. The average molecular weight is 181 g/mol. The van der Waals surface area contributed by atoms with Crippen LogP contribution in [0.5, 0.6) is 0 Å². The molecule has 0 bridgehead atoms. The molecule has 0 amide bonds. The van der Waals surface area contributed by atoms with Crippen LogP contribution in [-0.4, -0.2) is 18.3 Å². The van der Waals surface area contributed by atoms with Crippen LogP contribution >= 0.6 is 0 Å². The largest absolute Gasteiger partial charge is 0.389 e. The third kappa shape index (κ3) is 2.66. The topological polar surface area (TPSA) is 12.0 Å². The molecule has 1 aliphatic heterocycles. The zero-order valence-corrected chi connectivity index (χ0v) is 7.28. The Morgan fingerprint density at radius 3 is 2.25 bits per heavy atom. The van der Waals surface area contributed by atoms with Crippen molar-refractivity contribution < 1.29 is 13.2 Å². The quantitative estimate of drug-likeness (QED) is 0.654. The van der Waals surface area contributed by atoms with E-state index in [1.807, 2.05) is 13.8 Å². The summed E-state index contributed by atoms with van der Waals surface area (Å²) in [5.41, 5.74) is 0. The average Bonchev–Trinajstić information content (AvgIpc) is 2.06. The van der Waals surface area contributed by atoms with Crippen LogP contribution in [0.1, 0.15) is 26.7 Å². The van der Waals surface area contributed by atoms with Gasteiger partial charge in [0.1, 0.15) is 0 Å². The van der Waals surface area contributed by atoms with Gasteiger partial charge >= 0.3 is 6.18 Å². The van der Waals surface area contributed by atoms with Gasteiger partial charge in [-0.25, -0.2) is 0 Å². The second kappa shape index (κ2) is 3.24. The molecule has 1 aliphatic rings. The van der Waals surface area contributed by atoms with Gasteiger partial charge in [0.25, 0.3) is 0 Å². The van der Waals surface area contributed by atoms with Crippen LogP contribution in [0.25, 0.3) is 0 Å². The molecule has 12 heavy (non-hydrogen) atoms. The van der Waals surface area contributed by atoms with Gasteiger partial charge in [-0.15, -0.1) is 0 Å². The summed E-state index contributed by atoms with van der Waals surface area (Å²) in [6, 6.07) is 0.231. The molecule has 1 heterocycles. The van der Waals surface area contributed by atoms with Gasteiger partial charge in [-0.2, -0.15) is 13.2 Å². The Kier molecular flexibility index (Phi) is 2.66. The second-order valence-corrected chi connectivity index (χ2v) is 3.67. The Bertz CT molecular complexity index is 155. The lowest BCUT2D eigenvalue weighted by molar-refractivity contribution is -0.144. The summed E-state index contributed by atoms with van der Waals surface area (Å²) in [5.74, 6) is -0.236. The first kappa shape index (κ1) is 9.84. The highest BCUT2D eigenvalue weighted by atomic mass is 19.4. The van der Waals surface area contributed by atoms with Crippen LogP contribution in [0, 0.1) is 5.92 Å².